The number of hydrazone groups is 1. The summed E-state index contributed by atoms with van der Waals surface area (Å²) in [7, 11) is 0. The van der Waals surface area contributed by atoms with Gasteiger partial charge in [0.05, 0.1) is 6.21 Å². The number of nitrogens with one attached hydrogen (secondary N) is 2. The molecule has 8 heteroatoms. The van der Waals surface area contributed by atoms with E-state index in [1.165, 1.54) is 57.8 Å². The molecule has 2 N–H and O–H groups in total. The van der Waals surface area contributed by atoms with Crippen molar-refractivity contribution in [3.05, 3.63) is 46.7 Å². The van der Waals surface area contributed by atoms with Gasteiger partial charge in [0.15, 0.2) is 5.11 Å². The molecule has 0 radical (unpaired) electrons. The van der Waals surface area contributed by atoms with Crippen LogP contribution in [-0.4, -0.2) is 17.4 Å². The van der Waals surface area contributed by atoms with Crippen molar-refractivity contribution in [2.45, 2.75) is 63.8 Å². The largest absolute Gasteiger partial charge is 2.00 e. The first-order valence-electron chi connectivity index (χ1n) is 11.2. The van der Waals surface area contributed by atoms with Crippen molar-refractivity contribution in [1.82, 2.24) is 10.7 Å². The topological polar surface area (TPSA) is 36.4 Å². The zero-order valence-corrected chi connectivity index (χ0v) is 23.1. The van der Waals surface area contributed by atoms with Gasteiger partial charge >= 0.3 is 19.5 Å². The maximum Gasteiger partial charge on any atom is 2.00 e. The van der Waals surface area contributed by atoms with Crippen LogP contribution in [0.25, 0.3) is 0 Å². The van der Waals surface area contributed by atoms with Crippen molar-refractivity contribution in [2.75, 3.05) is 0 Å². The van der Waals surface area contributed by atoms with Crippen LogP contribution in [0.3, 0.4) is 0 Å². The predicted molar refractivity (Wildman–Crippen MR) is 128 cm³/mol. The summed E-state index contributed by atoms with van der Waals surface area (Å²) in [5, 5.41) is 10.5. The van der Waals surface area contributed by atoms with E-state index in [9.17, 15) is 0 Å². The summed E-state index contributed by atoms with van der Waals surface area (Å²) in [5.74, 6) is 3.68. The summed E-state index contributed by atoms with van der Waals surface area (Å²) in [6.45, 7) is 0. The minimum absolute atomic E-state index is 0. The molecule has 1 aromatic heterocycles. The molecule has 0 aliphatic heterocycles. The van der Waals surface area contributed by atoms with Gasteiger partial charge in [-0.25, -0.2) is 0 Å². The molecule has 4 bridgehead atoms. The van der Waals surface area contributed by atoms with E-state index in [0.29, 0.717) is 11.2 Å². The molecule has 1 aromatic rings. The molecule has 0 amide bonds. The van der Waals surface area contributed by atoms with Gasteiger partial charge in [-0.1, -0.05) is 30.4 Å². The van der Waals surface area contributed by atoms with Gasteiger partial charge in [0.1, 0.15) is 0 Å². The first-order valence-corrected chi connectivity index (χ1v) is 12.5. The molecule has 0 saturated heterocycles. The Morgan fingerprint density at radius 3 is 1.91 bits per heavy atom. The van der Waals surface area contributed by atoms with Crippen LogP contribution >= 0.6 is 23.6 Å². The Hall–Kier alpha value is -0.257. The minimum atomic E-state index is 0. The quantitative estimate of drug-likeness (QED) is 0.170. The van der Waals surface area contributed by atoms with Crippen LogP contribution in [0.4, 0.5) is 0 Å². The third-order valence-corrected chi connectivity index (χ3v) is 7.77. The van der Waals surface area contributed by atoms with E-state index in [1.807, 2.05) is 23.7 Å². The van der Waals surface area contributed by atoms with Crippen molar-refractivity contribution in [3.63, 3.8) is 0 Å². The number of hydrogen-bond acceptors (Lipinski definition) is 3. The Bertz CT molecular complexity index is 698. The van der Waals surface area contributed by atoms with Gasteiger partial charge in [0.2, 0.25) is 0 Å². The number of allylic oxidation sites excluding steroid dienone is 4. The molecule has 4 saturated carbocycles. The summed E-state index contributed by atoms with van der Waals surface area (Å²) >= 11 is 7.09. The number of rotatable bonds is 3. The summed E-state index contributed by atoms with van der Waals surface area (Å²) in [5.41, 5.74) is 2.98. The fourth-order valence-corrected chi connectivity index (χ4v) is 6.49. The molecule has 5 aliphatic carbocycles. The maximum absolute atomic E-state index is 5.42. The van der Waals surface area contributed by atoms with Crippen molar-refractivity contribution < 1.29 is 44.3 Å². The second-order valence-electron chi connectivity index (χ2n) is 8.91. The minimum Gasteiger partial charge on any atom is -1.00 e. The number of nitrogens with zero attached hydrogens (tertiary/aromatic N) is 1. The molecule has 1 heterocycles. The van der Waals surface area contributed by atoms with Gasteiger partial charge < -0.3 is 30.1 Å². The molecule has 6 rings (SSSR count). The van der Waals surface area contributed by atoms with E-state index in [1.54, 1.807) is 11.3 Å². The van der Waals surface area contributed by atoms with Crippen molar-refractivity contribution in [3.8, 4) is 0 Å². The van der Waals surface area contributed by atoms with Gasteiger partial charge in [0, 0.05) is 10.9 Å². The van der Waals surface area contributed by atoms with Crippen molar-refractivity contribution >= 4 is 34.9 Å². The van der Waals surface area contributed by atoms with Crippen molar-refractivity contribution in [2.24, 2.45) is 28.8 Å². The first kappa shape index (κ1) is 29.8. The van der Waals surface area contributed by atoms with E-state index in [0.717, 1.165) is 28.5 Å². The van der Waals surface area contributed by atoms with Gasteiger partial charge in [-0.15, -0.1) is 11.3 Å². The molecular weight excluding hydrogens is 566 g/mol. The smallest absolute Gasteiger partial charge is 1.00 e. The van der Waals surface area contributed by atoms with Gasteiger partial charge in [-0.3, -0.25) is 5.43 Å². The van der Waals surface area contributed by atoms with E-state index in [-0.39, 0.29) is 44.3 Å². The average molecular weight is 600 g/mol. The summed E-state index contributed by atoms with van der Waals surface area (Å²) in [6.07, 6.45) is 23.0. The molecule has 178 valence electrons. The number of thiophene rings is 1. The standard InChI is InChI=1S/C16H21N3S2.C8H12.2ClH.Ru/c20-16(19-17-9-14-2-1-3-21-14)18-15-12-5-10-4-11(7-12)8-13(15)6-10;1-2-4-6-8-7-5-3-1;;;/h1-3,9-13,15H,4-8H2,(H2,18,19,20);1-2,7-8H,3-6H2;2*1H;/q;;;;+2/p-2/b17-9-;2-1-,8-7-;;;. The Kier molecular flexibility index (Phi) is 14.5. The summed E-state index contributed by atoms with van der Waals surface area (Å²) in [4.78, 5) is 1.14. The fourth-order valence-electron chi connectivity index (χ4n) is 5.72. The van der Waals surface area contributed by atoms with E-state index in [2.05, 4.69) is 40.1 Å². The number of hydrogen-bond donors (Lipinski definition) is 2. The van der Waals surface area contributed by atoms with E-state index < -0.39 is 0 Å². The van der Waals surface area contributed by atoms with E-state index >= 15 is 0 Å². The number of halogens is 2. The molecule has 4 fully saturated rings. The van der Waals surface area contributed by atoms with Crippen LogP contribution in [0.2, 0.25) is 0 Å². The Labute approximate surface area is 227 Å². The van der Waals surface area contributed by atoms with Gasteiger partial charge in [-0.2, -0.15) is 5.10 Å². The molecule has 0 atom stereocenters. The molecule has 32 heavy (non-hydrogen) atoms. The molecule has 0 aromatic carbocycles. The molecular formula is C24H33Cl2N3RuS2. The monoisotopic (exact) mass is 599 g/mol. The first-order chi connectivity index (χ1) is 14.3. The Morgan fingerprint density at radius 2 is 1.44 bits per heavy atom. The predicted octanol–water partition coefficient (Wildman–Crippen LogP) is 0.0491. The summed E-state index contributed by atoms with van der Waals surface area (Å²) in [6, 6.07) is 4.65. The third kappa shape index (κ3) is 8.83. The fraction of sp³-hybridized carbons (Fsp3) is 0.583. The van der Waals surface area contributed by atoms with Crippen LogP contribution in [0.1, 0.15) is 62.7 Å². The average Bonchev–Trinajstić information content (AvgIpc) is 3.18. The molecule has 5 aliphatic rings. The normalized spacial score (nSPS) is 31.3. The SMILES string of the molecule is C1=C\CC/C=C\CC/1.S=C(N/N=C\c1cccs1)NC1C2CC3CC(C2)CC1C3.[Cl-].[Cl-].[Ru+2]. The third-order valence-electron chi connectivity index (χ3n) is 6.76. The Morgan fingerprint density at radius 1 is 0.906 bits per heavy atom. The number of thiocarbonyl (C=S) groups is 1. The Balaban J connectivity index is 0.000000402. The van der Waals surface area contributed by atoms with Crippen LogP contribution < -0.4 is 35.6 Å². The zero-order chi connectivity index (χ0) is 19.9. The van der Waals surface area contributed by atoms with Crippen LogP contribution in [0.5, 0.6) is 0 Å². The van der Waals surface area contributed by atoms with Crippen LogP contribution in [-0.2, 0) is 19.5 Å². The summed E-state index contributed by atoms with van der Waals surface area (Å²) < 4.78 is 0. The molecule has 0 unspecified atom stereocenters. The zero-order valence-electron chi connectivity index (χ0n) is 18.2. The second-order valence-corrected chi connectivity index (χ2v) is 10.3. The van der Waals surface area contributed by atoms with Crippen LogP contribution in [0, 0.1) is 23.7 Å². The molecule has 3 nitrogen and oxygen atoms in total. The van der Waals surface area contributed by atoms with E-state index in [4.69, 9.17) is 12.2 Å². The van der Waals surface area contributed by atoms with Crippen LogP contribution in [0.15, 0.2) is 46.9 Å². The van der Waals surface area contributed by atoms with Crippen molar-refractivity contribution in [1.29, 1.82) is 0 Å². The molecule has 0 spiro atoms. The maximum atomic E-state index is 5.42. The van der Waals surface area contributed by atoms with Gasteiger partial charge in [-0.05, 0) is 105 Å². The second kappa shape index (κ2) is 15.6. The van der Waals surface area contributed by atoms with Gasteiger partial charge in [0.25, 0.3) is 0 Å².